The summed E-state index contributed by atoms with van der Waals surface area (Å²) >= 11 is 0. The molecule has 0 aliphatic carbocycles. The van der Waals surface area contributed by atoms with E-state index in [2.05, 4.69) is 0 Å². The van der Waals surface area contributed by atoms with Crippen molar-refractivity contribution in [3.63, 3.8) is 0 Å². The van der Waals surface area contributed by atoms with Crippen LogP contribution in [0.3, 0.4) is 0 Å². The van der Waals surface area contributed by atoms with Crippen LogP contribution in [0.5, 0.6) is 23.0 Å². The number of benzene rings is 2. The van der Waals surface area contributed by atoms with Crippen LogP contribution < -0.4 is 18.9 Å². The highest BCUT2D eigenvalue weighted by molar-refractivity contribution is 6.04. The zero-order valence-electron chi connectivity index (χ0n) is 23.2. The van der Waals surface area contributed by atoms with Gasteiger partial charge in [-0.05, 0) is 47.5 Å². The summed E-state index contributed by atoms with van der Waals surface area (Å²) in [6, 6.07) is 14.3. The Morgan fingerprint density at radius 2 is 1.10 bits per heavy atom. The summed E-state index contributed by atoms with van der Waals surface area (Å²) in [5, 5.41) is 18.6. The minimum Gasteiger partial charge on any atom is -0.493 e. The summed E-state index contributed by atoms with van der Waals surface area (Å²) < 4.78 is 22.6. The Balaban J connectivity index is 2.00. The van der Waals surface area contributed by atoms with Crippen LogP contribution in [0.2, 0.25) is 0 Å². The van der Waals surface area contributed by atoms with Crippen molar-refractivity contribution < 1.29 is 28.5 Å². The van der Waals surface area contributed by atoms with E-state index in [9.17, 15) is 20.1 Å². The van der Waals surface area contributed by atoms with Crippen LogP contribution in [0.4, 0.5) is 0 Å². The molecule has 0 saturated carbocycles. The lowest BCUT2D eigenvalue weighted by molar-refractivity contribution is -0.118. The highest BCUT2D eigenvalue weighted by atomic mass is 16.5. The molecule has 0 spiro atoms. The van der Waals surface area contributed by atoms with Crippen molar-refractivity contribution in [1.29, 1.82) is 10.5 Å². The van der Waals surface area contributed by atoms with E-state index in [1.165, 1.54) is 14.2 Å². The molecule has 8 nitrogen and oxygen atoms in total. The van der Waals surface area contributed by atoms with Crippen molar-refractivity contribution in [2.75, 3.05) is 27.4 Å². The zero-order chi connectivity index (χ0) is 28.9. The van der Waals surface area contributed by atoms with Gasteiger partial charge in [0, 0.05) is 18.3 Å². The summed E-state index contributed by atoms with van der Waals surface area (Å²) in [6.45, 7) is 7.71. The van der Waals surface area contributed by atoms with Crippen molar-refractivity contribution >= 4 is 23.7 Å². The molecule has 2 rings (SSSR count). The molecular weight excluding hydrogens is 496 g/mol. The number of allylic oxidation sites excluding steroid dienone is 2. The lowest BCUT2D eigenvalue weighted by Crippen LogP contribution is -2.09. The Morgan fingerprint density at radius 3 is 1.41 bits per heavy atom. The van der Waals surface area contributed by atoms with Gasteiger partial charge in [-0.3, -0.25) is 9.59 Å². The zero-order valence-corrected chi connectivity index (χ0v) is 23.2. The molecule has 204 valence electrons. The van der Waals surface area contributed by atoms with Gasteiger partial charge in [0.25, 0.3) is 0 Å². The lowest BCUT2D eigenvalue weighted by Gasteiger charge is -2.13. The molecule has 0 aliphatic rings. The van der Waals surface area contributed by atoms with Gasteiger partial charge >= 0.3 is 0 Å². The van der Waals surface area contributed by atoms with E-state index in [1.54, 1.807) is 76.2 Å². The summed E-state index contributed by atoms with van der Waals surface area (Å²) in [4.78, 5) is 24.3. The van der Waals surface area contributed by atoms with E-state index in [1.807, 2.05) is 12.1 Å². The first-order valence-corrected chi connectivity index (χ1v) is 12.6. The summed E-state index contributed by atoms with van der Waals surface area (Å²) in [5.74, 6) is 1.06. The van der Waals surface area contributed by atoms with Crippen molar-refractivity contribution in [2.45, 2.75) is 34.1 Å². The van der Waals surface area contributed by atoms with Gasteiger partial charge < -0.3 is 18.9 Å². The second kappa shape index (κ2) is 15.0. The Morgan fingerprint density at radius 1 is 0.718 bits per heavy atom. The molecule has 0 aromatic heterocycles. The molecule has 0 aliphatic heterocycles. The molecule has 8 heteroatoms. The van der Waals surface area contributed by atoms with Crippen LogP contribution in [-0.4, -0.2) is 39.0 Å². The number of nitriles is 2. The van der Waals surface area contributed by atoms with Crippen molar-refractivity contribution in [3.05, 3.63) is 58.7 Å². The van der Waals surface area contributed by atoms with E-state index in [0.717, 1.165) is 0 Å². The number of rotatable bonds is 14. The fraction of sp³-hybridized carbons (Fsp3) is 0.355. The SMILES string of the molecule is COc1cc(C=C(C#N)C(=O)C(C)C)ccc1OCCCOc1ccc(C=C(C#N)C(=O)C(C)C)cc1OC. The summed E-state index contributed by atoms with van der Waals surface area (Å²) in [5.41, 5.74) is 1.50. The number of hydrogen-bond donors (Lipinski definition) is 0. The highest BCUT2D eigenvalue weighted by Crippen LogP contribution is 2.31. The molecule has 39 heavy (non-hydrogen) atoms. The number of ketones is 2. The molecule has 0 atom stereocenters. The van der Waals surface area contributed by atoms with Gasteiger partial charge in [-0.1, -0.05) is 39.8 Å². The van der Waals surface area contributed by atoms with Gasteiger partial charge in [0.05, 0.1) is 38.6 Å². The quantitative estimate of drug-likeness (QED) is 0.170. The Labute approximate surface area is 230 Å². The van der Waals surface area contributed by atoms with Gasteiger partial charge in [0.1, 0.15) is 12.1 Å². The number of Topliss-reactive ketones (excluding diaryl/α,β-unsaturated/α-hetero) is 2. The molecule has 0 bridgehead atoms. The number of nitrogens with zero attached hydrogens (tertiary/aromatic N) is 2. The van der Waals surface area contributed by atoms with Crippen molar-refractivity contribution in [1.82, 2.24) is 0 Å². The lowest BCUT2D eigenvalue weighted by atomic mass is 10.00. The van der Waals surface area contributed by atoms with Crippen molar-refractivity contribution in [3.8, 4) is 35.1 Å². The topological polar surface area (TPSA) is 119 Å². The monoisotopic (exact) mass is 530 g/mol. The Bertz CT molecular complexity index is 1220. The van der Waals surface area contributed by atoms with Crippen LogP contribution >= 0.6 is 0 Å². The van der Waals surface area contributed by atoms with Crippen LogP contribution in [0.1, 0.15) is 45.2 Å². The highest BCUT2D eigenvalue weighted by Gasteiger charge is 2.15. The maximum absolute atomic E-state index is 12.2. The normalized spacial score (nSPS) is 11.5. The summed E-state index contributed by atoms with van der Waals surface area (Å²) in [6.07, 6.45) is 3.65. The minimum absolute atomic E-state index is 0.0897. The van der Waals surface area contributed by atoms with E-state index >= 15 is 0 Å². The predicted molar refractivity (Wildman–Crippen MR) is 148 cm³/mol. The molecule has 0 radical (unpaired) electrons. The Kier molecular flexibility index (Phi) is 11.8. The van der Waals surface area contributed by atoms with E-state index in [-0.39, 0.29) is 34.5 Å². The molecule has 0 heterocycles. The third-order valence-corrected chi connectivity index (χ3v) is 5.62. The number of carbonyl (C=O) groups excluding carboxylic acids is 2. The molecule has 0 fully saturated rings. The molecule has 0 amide bonds. The molecule has 0 N–H and O–H groups in total. The van der Waals surface area contributed by atoms with Gasteiger partial charge in [-0.15, -0.1) is 0 Å². The number of ether oxygens (including phenoxy) is 4. The van der Waals surface area contributed by atoms with Crippen LogP contribution in [0, 0.1) is 34.5 Å². The predicted octanol–water partition coefficient (Wildman–Crippen LogP) is 5.82. The number of hydrogen-bond acceptors (Lipinski definition) is 8. The number of methoxy groups -OCH3 is 2. The number of carbonyl (C=O) groups is 2. The van der Waals surface area contributed by atoms with Crippen LogP contribution in [0.25, 0.3) is 12.2 Å². The van der Waals surface area contributed by atoms with Crippen LogP contribution in [-0.2, 0) is 9.59 Å². The van der Waals surface area contributed by atoms with Gasteiger partial charge in [-0.2, -0.15) is 10.5 Å². The van der Waals surface area contributed by atoms with Gasteiger partial charge in [0.15, 0.2) is 34.6 Å². The molecule has 2 aromatic rings. The molecule has 0 unspecified atom stereocenters. The maximum Gasteiger partial charge on any atom is 0.175 e. The first-order valence-electron chi connectivity index (χ1n) is 12.6. The van der Waals surface area contributed by atoms with Crippen LogP contribution in [0.15, 0.2) is 47.5 Å². The second-order valence-corrected chi connectivity index (χ2v) is 9.25. The van der Waals surface area contributed by atoms with E-state index < -0.39 is 0 Å². The first-order chi connectivity index (χ1) is 18.6. The third-order valence-electron chi connectivity index (χ3n) is 5.62. The average molecular weight is 531 g/mol. The fourth-order valence-corrected chi connectivity index (χ4v) is 3.48. The minimum atomic E-state index is -0.269. The molecule has 2 aromatic carbocycles. The van der Waals surface area contributed by atoms with Gasteiger partial charge in [-0.25, -0.2) is 0 Å². The Hall–Kier alpha value is -4.56. The van der Waals surface area contributed by atoms with E-state index in [4.69, 9.17) is 18.9 Å². The standard InChI is InChI=1S/C31H34N2O6/c1-20(2)30(34)24(18-32)14-22-8-10-26(28(16-22)36-5)38-12-7-13-39-27-11-9-23(17-29(27)37-6)15-25(19-33)31(35)21(3)4/h8-11,14-17,20-21H,7,12-13H2,1-6H3. The molecule has 0 saturated heterocycles. The van der Waals surface area contributed by atoms with Crippen molar-refractivity contribution in [2.24, 2.45) is 11.8 Å². The largest absolute Gasteiger partial charge is 0.493 e. The van der Waals surface area contributed by atoms with E-state index in [0.29, 0.717) is 53.8 Å². The average Bonchev–Trinajstić information content (AvgIpc) is 2.94. The molecular formula is C31H34N2O6. The second-order valence-electron chi connectivity index (χ2n) is 9.25. The van der Waals surface area contributed by atoms with Gasteiger partial charge in [0.2, 0.25) is 0 Å². The third kappa shape index (κ3) is 8.76. The smallest absolute Gasteiger partial charge is 0.175 e. The maximum atomic E-state index is 12.2. The fourth-order valence-electron chi connectivity index (χ4n) is 3.48. The first kappa shape index (κ1) is 30.7. The summed E-state index contributed by atoms with van der Waals surface area (Å²) in [7, 11) is 3.04.